The lowest BCUT2D eigenvalue weighted by Crippen LogP contribution is -2.40. The van der Waals surface area contributed by atoms with Gasteiger partial charge >= 0.3 is 0 Å². The average molecular weight is 329 g/mol. The van der Waals surface area contributed by atoms with Crippen LogP contribution in [-0.4, -0.2) is 24.9 Å². The topological polar surface area (TPSA) is 54.4 Å². The standard InChI is InChI=1S/C16H21ClO3S/c17-14-6-4-5-13-12(14)7-8-15(13)21(19,20)11-16(18)9-2-1-3-10-16/h4-6,15,18H,1-3,7-11H2. The summed E-state index contributed by atoms with van der Waals surface area (Å²) in [6, 6.07) is 5.48. The van der Waals surface area contributed by atoms with E-state index in [2.05, 4.69) is 0 Å². The molecule has 3 rings (SSSR count). The highest BCUT2D eigenvalue weighted by molar-refractivity contribution is 7.91. The smallest absolute Gasteiger partial charge is 0.160 e. The van der Waals surface area contributed by atoms with E-state index < -0.39 is 20.7 Å². The minimum absolute atomic E-state index is 0.114. The van der Waals surface area contributed by atoms with Crippen LogP contribution in [0.5, 0.6) is 0 Å². The summed E-state index contributed by atoms with van der Waals surface area (Å²) in [6.07, 6.45) is 5.40. The number of aliphatic hydroxyl groups is 1. The summed E-state index contributed by atoms with van der Waals surface area (Å²) < 4.78 is 25.6. The molecule has 0 bridgehead atoms. The van der Waals surface area contributed by atoms with Crippen molar-refractivity contribution < 1.29 is 13.5 Å². The first-order valence-electron chi connectivity index (χ1n) is 7.63. The van der Waals surface area contributed by atoms with Crippen LogP contribution in [-0.2, 0) is 16.3 Å². The van der Waals surface area contributed by atoms with Crippen LogP contribution in [0.3, 0.4) is 0 Å². The molecule has 1 atom stereocenters. The van der Waals surface area contributed by atoms with Gasteiger partial charge in [0.15, 0.2) is 9.84 Å². The summed E-state index contributed by atoms with van der Waals surface area (Å²) in [5, 5.41) is 10.7. The Hall–Kier alpha value is -0.580. The molecule has 0 amide bonds. The highest BCUT2D eigenvalue weighted by Gasteiger charge is 2.41. The monoisotopic (exact) mass is 328 g/mol. The van der Waals surface area contributed by atoms with Crippen LogP contribution < -0.4 is 0 Å². The summed E-state index contributed by atoms with van der Waals surface area (Å²) in [6.45, 7) is 0. The Morgan fingerprint density at radius 3 is 2.67 bits per heavy atom. The molecule has 1 N–H and O–H groups in total. The lowest BCUT2D eigenvalue weighted by atomic mass is 9.86. The first-order chi connectivity index (χ1) is 9.91. The third-order valence-corrected chi connectivity index (χ3v) is 7.50. The minimum Gasteiger partial charge on any atom is -0.389 e. The number of rotatable bonds is 3. The van der Waals surface area contributed by atoms with Crippen molar-refractivity contribution in [1.29, 1.82) is 0 Å². The van der Waals surface area contributed by atoms with Crippen molar-refractivity contribution in [3.05, 3.63) is 34.3 Å². The highest BCUT2D eigenvalue weighted by atomic mass is 35.5. The molecular weight excluding hydrogens is 308 g/mol. The zero-order chi connectivity index (χ0) is 15.1. The highest BCUT2D eigenvalue weighted by Crippen LogP contribution is 2.42. The van der Waals surface area contributed by atoms with Gasteiger partial charge in [0.2, 0.25) is 0 Å². The lowest BCUT2D eigenvalue weighted by Gasteiger charge is -2.32. The van der Waals surface area contributed by atoms with E-state index in [1.807, 2.05) is 18.2 Å². The Labute approximate surface area is 131 Å². The Balaban J connectivity index is 1.86. The second-order valence-electron chi connectivity index (χ2n) is 6.43. The minimum atomic E-state index is -3.36. The summed E-state index contributed by atoms with van der Waals surface area (Å²) in [4.78, 5) is 0. The van der Waals surface area contributed by atoms with Gasteiger partial charge in [0.25, 0.3) is 0 Å². The quantitative estimate of drug-likeness (QED) is 0.924. The Morgan fingerprint density at radius 1 is 1.24 bits per heavy atom. The van der Waals surface area contributed by atoms with E-state index >= 15 is 0 Å². The van der Waals surface area contributed by atoms with Crippen molar-refractivity contribution in [3.8, 4) is 0 Å². The summed E-state index contributed by atoms with van der Waals surface area (Å²) >= 11 is 6.16. The maximum absolute atomic E-state index is 12.8. The fraction of sp³-hybridized carbons (Fsp3) is 0.625. The van der Waals surface area contributed by atoms with E-state index in [0.717, 1.165) is 30.4 Å². The number of halogens is 1. The van der Waals surface area contributed by atoms with Crippen molar-refractivity contribution in [2.75, 3.05) is 5.75 Å². The molecule has 1 unspecified atom stereocenters. The molecule has 1 saturated carbocycles. The molecule has 0 aromatic heterocycles. The average Bonchev–Trinajstić information content (AvgIpc) is 2.84. The molecule has 0 radical (unpaired) electrons. The predicted molar refractivity (Wildman–Crippen MR) is 84.3 cm³/mol. The number of fused-ring (bicyclic) bond motifs is 1. The zero-order valence-electron chi connectivity index (χ0n) is 12.0. The van der Waals surface area contributed by atoms with E-state index in [0.29, 0.717) is 30.7 Å². The van der Waals surface area contributed by atoms with Gasteiger partial charge in [0.1, 0.15) is 0 Å². The maximum Gasteiger partial charge on any atom is 0.160 e. The van der Waals surface area contributed by atoms with Crippen LogP contribution in [0.4, 0.5) is 0 Å². The number of hydrogen-bond acceptors (Lipinski definition) is 3. The normalized spacial score (nSPS) is 24.8. The van der Waals surface area contributed by atoms with Crippen LogP contribution in [0.2, 0.25) is 5.02 Å². The van der Waals surface area contributed by atoms with E-state index in [4.69, 9.17) is 11.6 Å². The van der Waals surface area contributed by atoms with Gasteiger partial charge in [-0.1, -0.05) is 43.0 Å². The van der Waals surface area contributed by atoms with Gasteiger partial charge in [-0.15, -0.1) is 0 Å². The fourth-order valence-electron chi connectivity index (χ4n) is 3.77. The molecular formula is C16H21ClO3S. The van der Waals surface area contributed by atoms with Gasteiger partial charge in [0, 0.05) is 5.02 Å². The van der Waals surface area contributed by atoms with Crippen molar-refractivity contribution in [2.24, 2.45) is 0 Å². The van der Waals surface area contributed by atoms with Crippen molar-refractivity contribution >= 4 is 21.4 Å². The Morgan fingerprint density at radius 2 is 1.95 bits per heavy atom. The van der Waals surface area contributed by atoms with Gasteiger partial charge < -0.3 is 5.11 Å². The number of benzene rings is 1. The number of hydrogen-bond donors (Lipinski definition) is 1. The summed E-state index contributed by atoms with van der Waals surface area (Å²) in [5.41, 5.74) is 0.767. The second kappa shape index (κ2) is 5.56. The SMILES string of the molecule is O=S(=O)(CC1(O)CCCCC1)C1CCc2c(Cl)cccc21. The molecule has 2 aliphatic carbocycles. The third kappa shape index (κ3) is 2.99. The fourth-order valence-corrected chi connectivity index (χ4v) is 6.37. The van der Waals surface area contributed by atoms with Crippen LogP contribution in [0.15, 0.2) is 18.2 Å². The largest absolute Gasteiger partial charge is 0.389 e. The molecule has 0 heterocycles. The van der Waals surface area contributed by atoms with E-state index in [1.54, 1.807) is 0 Å². The zero-order valence-corrected chi connectivity index (χ0v) is 13.6. The van der Waals surface area contributed by atoms with Crippen molar-refractivity contribution in [3.63, 3.8) is 0 Å². The van der Waals surface area contributed by atoms with Gasteiger partial charge in [-0.2, -0.15) is 0 Å². The molecule has 0 spiro atoms. The number of sulfone groups is 1. The van der Waals surface area contributed by atoms with Crippen molar-refractivity contribution in [2.45, 2.75) is 55.8 Å². The van der Waals surface area contributed by atoms with Gasteiger partial charge in [-0.3, -0.25) is 0 Å². The summed E-state index contributed by atoms with van der Waals surface area (Å²) in [7, 11) is -3.36. The summed E-state index contributed by atoms with van der Waals surface area (Å²) in [5.74, 6) is -0.114. The molecule has 1 fully saturated rings. The first kappa shape index (κ1) is 15.3. The molecule has 2 aliphatic rings. The third-order valence-electron chi connectivity index (χ3n) is 4.85. The van der Waals surface area contributed by atoms with Gasteiger partial charge in [-0.25, -0.2) is 8.42 Å². The molecule has 116 valence electrons. The maximum atomic E-state index is 12.8. The van der Waals surface area contributed by atoms with E-state index in [-0.39, 0.29) is 5.75 Å². The molecule has 0 saturated heterocycles. The van der Waals surface area contributed by atoms with Crippen molar-refractivity contribution in [1.82, 2.24) is 0 Å². The molecule has 5 heteroatoms. The van der Waals surface area contributed by atoms with E-state index in [1.165, 1.54) is 0 Å². The molecule has 1 aromatic carbocycles. The van der Waals surface area contributed by atoms with Crippen LogP contribution in [0, 0.1) is 0 Å². The van der Waals surface area contributed by atoms with E-state index in [9.17, 15) is 13.5 Å². The van der Waals surface area contributed by atoms with Crippen LogP contribution >= 0.6 is 11.6 Å². The molecule has 3 nitrogen and oxygen atoms in total. The Bertz CT molecular complexity index is 633. The van der Waals surface area contributed by atoms with Gasteiger partial charge in [0.05, 0.1) is 16.6 Å². The molecule has 21 heavy (non-hydrogen) atoms. The first-order valence-corrected chi connectivity index (χ1v) is 9.72. The van der Waals surface area contributed by atoms with Crippen LogP contribution in [0.1, 0.15) is 54.9 Å². The lowest BCUT2D eigenvalue weighted by molar-refractivity contribution is 0.0255. The second-order valence-corrected chi connectivity index (χ2v) is 9.02. The van der Waals surface area contributed by atoms with Gasteiger partial charge in [-0.05, 0) is 42.9 Å². The molecule has 0 aliphatic heterocycles. The Kier molecular flexibility index (Phi) is 4.06. The molecule has 1 aromatic rings. The predicted octanol–water partition coefficient (Wildman–Crippen LogP) is 3.44. The van der Waals surface area contributed by atoms with Crippen LogP contribution in [0.25, 0.3) is 0 Å².